The molecular formula is C35H68N2O+. The van der Waals surface area contributed by atoms with E-state index in [0.29, 0.717) is 18.5 Å². The first-order valence-corrected chi connectivity index (χ1v) is 17.3. The third-order valence-corrected chi connectivity index (χ3v) is 10.2. The lowest BCUT2D eigenvalue weighted by Crippen LogP contribution is -2.59. The second kappa shape index (κ2) is 18.7. The lowest BCUT2D eigenvalue weighted by molar-refractivity contribution is -0.121. The minimum absolute atomic E-state index is 0.275. The monoisotopic (exact) mass is 533 g/mol. The van der Waals surface area contributed by atoms with Crippen molar-refractivity contribution in [3.05, 3.63) is 0 Å². The van der Waals surface area contributed by atoms with Crippen molar-refractivity contribution in [2.24, 2.45) is 35.5 Å². The van der Waals surface area contributed by atoms with E-state index in [4.69, 9.17) is 0 Å². The summed E-state index contributed by atoms with van der Waals surface area (Å²) in [5.41, 5.74) is 0. The molecule has 3 heteroatoms. The molecule has 0 bridgehead atoms. The molecule has 2 fully saturated rings. The highest BCUT2D eigenvalue weighted by molar-refractivity contribution is 5.75. The highest BCUT2D eigenvalue weighted by atomic mass is 16.1. The number of nitrogens with one attached hydrogen (secondary N) is 1. The first-order chi connectivity index (χ1) is 18.2. The van der Waals surface area contributed by atoms with Gasteiger partial charge < -0.3 is 5.32 Å². The first kappa shape index (κ1) is 33.6. The lowest BCUT2D eigenvalue weighted by atomic mass is 9.69. The molecule has 2 aliphatic carbocycles. The van der Waals surface area contributed by atoms with E-state index in [9.17, 15) is 4.79 Å². The van der Waals surface area contributed by atoms with Crippen LogP contribution in [0.15, 0.2) is 0 Å². The molecule has 2 aliphatic rings. The Hall–Kier alpha value is -0.570. The number of rotatable bonds is 18. The summed E-state index contributed by atoms with van der Waals surface area (Å²) < 4.78 is 0. The Morgan fingerprint density at radius 2 is 1.18 bits per heavy atom. The molecule has 0 aliphatic heterocycles. The van der Waals surface area contributed by atoms with E-state index in [0.717, 1.165) is 61.4 Å². The average molecular weight is 533 g/mol. The van der Waals surface area contributed by atoms with Crippen LogP contribution in [0.3, 0.4) is 0 Å². The van der Waals surface area contributed by atoms with Crippen molar-refractivity contribution in [3.63, 3.8) is 0 Å². The zero-order chi connectivity index (χ0) is 27.9. The zero-order valence-corrected chi connectivity index (χ0v) is 26.9. The molecule has 2 rings (SSSR count). The van der Waals surface area contributed by atoms with Gasteiger partial charge in [-0.05, 0) is 55.8 Å². The van der Waals surface area contributed by atoms with E-state index < -0.39 is 0 Å². The Kier molecular flexibility index (Phi) is 16.6. The predicted molar refractivity (Wildman–Crippen MR) is 167 cm³/mol. The molecule has 0 heterocycles. The summed E-state index contributed by atoms with van der Waals surface area (Å²) >= 11 is 0. The van der Waals surface area contributed by atoms with Gasteiger partial charge in [-0.25, -0.2) is 0 Å². The van der Waals surface area contributed by atoms with Crippen molar-refractivity contribution in [1.29, 1.82) is 0 Å². The Morgan fingerprint density at radius 1 is 0.711 bits per heavy atom. The number of hydrogen-bond donors (Lipinski definition) is 1. The maximum atomic E-state index is 12.5. The van der Waals surface area contributed by atoms with Gasteiger partial charge in [0.15, 0.2) is 0 Å². The molecule has 0 aromatic carbocycles. The Morgan fingerprint density at radius 3 is 1.66 bits per heavy atom. The van der Waals surface area contributed by atoms with Gasteiger partial charge in [-0.3, -0.25) is 4.79 Å². The van der Waals surface area contributed by atoms with Crippen LogP contribution >= 0.6 is 0 Å². The van der Waals surface area contributed by atoms with E-state index in [1.807, 2.05) is 0 Å². The van der Waals surface area contributed by atoms with Gasteiger partial charge in [0.25, 0.3) is 0 Å². The summed E-state index contributed by atoms with van der Waals surface area (Å²) in [6, 6.07) is 1.43. The number of carbonyl (C=O) groups is 1. The summed E-state index contributed by atoms with van der Waals surface area (Å²) in [6.45, 7) is 19.1. The third kappa shape index (κ3) is 11.9. The molecule has 223 valence electrons. The Labute approximate surface area is 239 Å². The quantitative estimate of drug-likeness (QED) is 0.138. The normalized spacial score (nSPS) is 28.4. The van der Waals surface area contributed by atoms with Crippen LogP contribution in [-0.2, 0) is 4.79 Å². The molecule has 0 saturated heterocycles. The standard InChI is InChI=1S/C35H68N2O/c1-8-9-10-11-12-13-14-15-16-18-35(38)36-23-17-24-37(33-25-29(6)19-21-31(33)27(2)3)34-26-30(7)20-22-32(34)28(4)5/h27-34H,8-26H2,1-7H3,(H,36,38)/q+1. The van der Waals surface area contributed by atoms with Crippen LogP contribution < -0.4 is 10.2 Å². The molecule has 1 amide bonds. The SMILES string of the molecule is CCCCCCCCCCCC(=O)NCCC[N+](C1CC(C)CCC1C(C)C)C1CC(C)CCC1C(C)C. The van der Waals surface area contributed by atoms with Crippen LogP contribution in [0, 0.1) is 35.5 Å². The molecule has 0 aromatic heterocycles. The summed E-state index contributed by atoms with van der Waals surface area (Å²) in [7, 11) is 0. The average Bonchev–Trinajstić information content (AvgIpc) is 2.87. The molecule has 1 N–H and O–H groups in total. The van der Waals surface area contributed by atoms with Crippen molar-refractivity contribution in [3.8, 4) is 0 Å². The number of hydrogen-bond acceptors (Lipinski definition) is 2. The second-order valence-electron chi connectivity index (χ2n) is 14.3. The summed E-state index contributed by atoms with van der Waals surface area (Å²) in [5.74, 6) is 5.10. The highest BCUT2D eigenvalue weighted by Crippen LogP contribution is 2.41. The fourth-order valence-corrected chi connectivity index (χ4v) is 7.82. The van der Waals surface area contributed by atoms with Crippen molar-refractivity contribution in [1.82, 2.24) is 10.2 Å². The molecule has 0 aromatic rings. The van der Waals surface area contributed by atoms with Gasteiger partial charge in [-0.15, -0.1) is 0 Å². The molecule has 6 atom stereocenters. The van der Waals surface area contributed by atoms with Crippen LogP contribution in [0.25, 0.3) is 0 Å². The molecule has 38 heavy (non-hydrogen) atoms. The lowest BCUT2D eigenvalue weighted by Gasteiger charge is -2.45. The van der Waals surface area contributed by atoms with Crippen molar-refractivity contribution >= 4 is 5.91 Å². The van der Waals surface area contributed by atoms with Crippen molar-refractivity contribution in [2.75, 3.05) is 13.1 Å². The van der Waals surface area contributed by atoms with E-state index in [1.54, 1.807) is 0 Å². The van der Waals surface area contributed by atoms with Gasteiger partial charge in [0.1, 0.15) is 18.6 Å². The maximum absolute atomic E-state index is 12.5. The smallest absolute Gasteiger partial charge is 0.219 e. The topological polar surface area (TPSA) is 35.0 Å². The summed E-state index contributed by atoms with van der Waals surface area (Å²) in [4.78, 5) is 15.5. The van der Waals surface area contributed by atoms with Crippen LogP contribution in [0.2, 0.25) is 0 Å². The summed E-state index contributed by atoms with van der Waals surface area (Å²) in [6.07, 6.45) is 21.9. The largest absolute Gasteiger partial charge is 0.356 e. The predicted octanol–water partition coefficient (Wildman–Crippen LogP) is 9.48. The zero-order valence-electron chi connectivity index (χ0n) is 26.9. The van der Waals surface area contributed by atoms with Gasteiger partial charge in [0.05, 0.1) is 0 Å². The molecule has 6 unspecified atom stereocenters. The minimum Gasteiger partial charge on any atom is -0.356 e. The molecule has 1 radical (unpaired) electrons. The van der Waals surface area contributed by atoms with Crippen molar-refractivity contribution in [2.45, 2.75) is 170 Å². The molecule has 2 saturated carbocycles. The van der Waals surface area contributed by atoms with Crippen molar-refractivity contribution < 1.29 is 4.79 Å². The van der Waals surface area contributed by atoms with Gasteiger partial charge >= 0.3 is 0 Å². The van der Waals surface area contributed by atoms with Crippen LogP contribution in [0.4, 0.5) is 0 Å². The molecular weight excluding hydrogens is 464 g/mol. The van der Waals surface area contributed by atoms with E-state index >= 15 is 0 Å². The maximum Gasteiger partial charge on any atom is 0.219 e. The number of amides is 1. The third-order valence-electron chi connectivity index (χ3n) is 10.2. The second-order valence-corrected chi connectivity index (χ2v) is 14.3. The van der Waals surface area contributed by atoms with Gasteiger partial charge in [0, 0.05) is 44.1 Å². The van der Waals surface area contributed by atoms with E-state index in [2.05, 4.69) is 58.7 Å². The van der Waals surface area contributed by atoms with Gasteiger partial charge in [0.2, 0.25) is 5.91 Å². The van der Waals surface area contributed by atoms with Crippen LogP contribution in [0.1, 0.15) is 158 Å². The van der Waals surface area contributed by atoms with Crippen LogP contribution in [0.5, 0.6) is 0 Å². The Balaban J connectivity index is 1.85. The van der Waals surface area contributed by atoms with Gasteiger partial charge in [-0.2, -0.15) is 4.90 Å². The van der Waals surface area contributed by atoms with Gasteiger partial charge in [-0.1, -0.05) is 99.8 Å². The number of unbranched alkanes of at least 4 members (excludes halogenated alkanes) is 8. The van der Waals surface area contributed by atoms with Crippen LogP contribution in [-0.4, -0.2) is 31.1 Å². The molecule has 0 spiro atoms. The number of nitrogens with zero attached hydrogens (tertiary/aromatic N) is 1. The number of carbonyl (C=O) groups excluding carboxylic acids is 1. The van der Waals surface area contributed by atoms with E-state index in [-0.39, 0.29) is 5.91 Å². The Bertz CT molecular complexity index is 585. The fourth-order valence-electron chi connectivity index (χ4n) is 7.82. The first-order valence-electron chi connectivity index (χ1n) is 17.3. The fraction of sp³-hybridized carbons (Fsp3) is 0.971. The van der Waals surface area contributed by atoms with E-state index in [1.165, 1.54) is 89.9 Å². The minimum atomic E-state index is 0.275. The molecule has 3 nitrogen and oxygen atoms in total. The highest BCUT2D eigenvalue weighted by Gasteiger charge is 2.48. The summed E-state index contributed by atoms with van der Waals surface area (Å²) in [5, 5.41) is 3.29.